The van der Waals surface area contributed by atoms with Crippen molar-refractivity contribution in [1.82, 2.24) is 0 Å². The normalized spacial score (nSPS) is 16.5. The first-order valence-corrected chi connectivity index (χ1v) is 8.24. The van der Waals surface area contributed by atoms with Crippen LogP contribution >= 0.6 is 11.8 Å². The fourth-order valence-corrected chi connectivity index (χ4v) is 3.75. The molecule has 2 N–H and O–H groups in total. The lowest BCUT2D eigenvalue weighted by molar-refractivity contribution is 0.0985. The Morgan fingerprint density at radius 3 is 2.79 bits per heavy atom. The zero-order valence-electron chi connectivity index (χ0n) is 11.4. The van der Waals surface area contributed by atoms with Crippen LogP contribution in [0.5, 0.6) is 0 Å². The van der Waals surface area contributed by atoms with Crippen molar-refractivity contribution in [3.63, 3.8) is 0 Å². The van der Waals surface area contributed by atoms with E-state index in [1.165, 1.54) is 42.8 Å². The standard InChI is InChI=1S/C16H23NOS/c17-10-9-16(18)14-7-4-8-15(11-14)19-12-13-5-2-1-3-6-13/h4,7-8,11,13H,1-3,5-6,9-10,12,17H2. The van der Waals surface area contributed by atoms with Gasteiger partial charge in [0.15, 0.2) is 5.78 Å². The minimum Gasteiger partial charge on any atom is -0.330 e. The Bertz CT molecular complexity index is 413. The molecule has 1 aliphatic carbocycles. The molecule has 0 saturated heterocycles. The van der Waals surface area contributed by atoms with Crippen LogP contribution in [0.4, 0.5) is 0 Å². The van der Waals surface area contributed by atoms with Gasteiger partial charge in [0.1, 0.15) is 0 Å². The molecule has 1 saturated carbocycles. The van der Waals surface area contributed by atoms with E-state index < -0.39 is 0 Å². The Kier molecular flexibility index (Phi) is 5.93. The molecule has 0 spiro atoms. The number of carbonyl (C=O) groups is 1. The van der Waals surface area contributed by atoms with Crippen molar-refractivity contribution in [3.8, 4) is 0 Å². The highest BCUT2D eigenvalue weighted by Crippen LogP contribution is 2.30. The number of hydrogen-bond donors (Lipinski definition) is 1. The number of benzene rings is 1. The maximum Gasteiger partial charge on any atom is 0.164 e. The van der Waals surface area contributed by atoms with Gasteiger partial charge in [-0.15, -0.1) is 11.8 Å². The average Bonchev–Trinajstić information content (AvgIpc) is 2.47. The van der Waals surface area contributed by atoms with Crippen LogP contribution in [-0.4, -0.2) is 18.1 Å². The predicted octanol–water partition coefficient (Wildman–Crippen LogP) is 3.89. The lowest BCUT2D eigenvalue weighted by Crippen LogP contribution is -2.09. The second-order valence-electron chi connectivity index (χ2n) is 5.30. The maximum atomic E-state index is 11.8. The van der Waals surface area contributed by atoms with E-state index in [1.807, 2.05) is 30.0 Å². The van der Waals surface area contributed by atoms with E-state index in [1.54, 1.807) is 0 Å². The molecule has 1 aromatic carbocycles. The van der Waals surface area contributed by atoms with Crippen LogP contribution in [0.25, 0.3) is 0 Å². The molecule has 1 aromatic rings. The zero-order valence-corrected chi connectivity index (χ0v) is 12.3. The van der Waals surface area contributed by atoms with Gasteiger partial charge >= 0.3 is 0 Å². The van der Waals surface area contributed by atoms with Gasteiger partial charge in [0, 0.05) is 22.6 Å². The monoisotopic (exact) mass is 277 g/mol. The Hall–Kier alpha value is -0.800. The number of Topliss-reactive ketones (excluding diaryl/α,β-unsaturated/α-hetero) is 1. The summed E-state index contributed by atoms with van der Waals surface area (Å²) in [6, 6.07) is 7.99. The minimum atomic E-state index is 0.155. The molecule has 0 aliphatic heterocycles. The highest BCUT2D eigenvalue weighted by atomic mass is 32.2. The van der Waals surface area contributed by atoms with Crippen molar-refractivity contribution in [2.24, 2.45) is 11.7 Å². The van der Waals surface area contributed by atoms with E-state index >= 15 is 0 Å². The molecule has 3 heteroatoms. The van der Waals surface area contributed by atoms with Crippen molar-refractivity contribution >= 4 is 17.5 Å². The smallest absolute Gasteiger partial charge is 0.164 e. The highest BCUT2D eigenvalue weighted by Gasteiger charge is 2.14. The van der Waals surface area contributed by atoms with E-state index in [4.69, 9.17) is 5.73 Å². The third kappa shape index (κ3) is 4.66. The zero-order chi connectivity index (χ0) is 13.5. The van der Waals surface area contributed by atoms with E-state index in [0.717, 1.165) is 11.5 Å². The van der Waals surface area contributed by atoms with Gasteiger partial charge in [-0.1, -0.05) is 31.4 Å². The fourth-order valence-electron chi connectivity index (χ4n) is 2.60. The van der Waals surface area contributed by atoms with Crippen molar-refractivity contribution in [3.05, 3.63) is 29.8 Å². The van der Waals surface area contributed by atoms with Gasteiger partial charge in [0.2, 0.25) is 0 Å². The first-order valence-electron chi connectivity index (χ1n) is 7.25. The van der Waals surface area contributed by atoms with E-state index in [0.29, 0.717) is 13.0 Å². The van der Waals surface area contributed by atoms with E-state index in [9.17, 15) is 4.79 Å². The Morgan fingerprint density at radius 2 is 2.05 bits per heavy atom. The molecule has 0 atom stereocenters. The molecule has 1 fully saturated rings. The van der Waals surface area contributed by atoms with Crippen molar-refractivity contribution in [1.29, 1.82) is 0 Å². The minimum absolute atomic E-state index is 0.155. The summed E-state index contributed by atoms with van der Waals surface area (Å²) in [5.74, 6) is 2.21. The lowest BCUT2D eigenvalue weighted by Gasteiger charge is -2.20. The van der Waals surface area contributed by atoms with E-state index in [-0.39, 0.29) is 5.78 Å². The molecule has 0 aromatic heterocycles. The SMILES string of the molecule is NCCC(=O)c1cccc(SCC2CCCCC2)c1. The fraction of sp³-hybridized carbons (Fsp3) is 0.562. The molecule has 2 rings (SSSR count). The van der Waals surface area contributed by atoms with Gasteiger partial charge in [-0.2, -0.15) is 0 Å². The third-order valence-electron chi connectivity index (χ3n) is 3.74. The molecule has 0 heterocycles. The van der Waals surface area contributed by atoms with Crippen LogP contribution in [0.2, 0.25) is 0 Å². The van der Waals surface area contributed by atoms with Crippen LogP contribution < -0.4 is 5.73 Å². The highest BCUT2D eigenvalue weighted by molar-refractivity contribution is 7.99. The molecule has 104 valence electrons. The van der Waals surface area contributed by atoms with Crippen LogP contribution in [0.15, 0.2) is 29.2 Å². The van der Waals surface area contributed by atoms with Crippen molar-refractivity contribution < 1.29 is 4.79 Å². The van der Waals surface area contributed by atoms with Crippen LogP contribution in [-0.2, 0) is 0 Å². The second kappa shape index (κ2) is 7.71. The Labute approximate surface area is 120 Å². The molecular formula is C16H23NOS. The summed E-state index contributed by atoms with van der Waals surface area (Å²) in [7, 11) is 0. The van der Waals surface area contributed by atoms with Gasteiger partial charge in [0.25, 0.3) is 0 Å². The van der Waals surface area contributed by atoms with Crippen LogP contribution in [0.3, 0.4) is 0 Å². The third-order valence-corrected chi connectivity index (χ3v) is 4.96. The summed E-state index contributed by atoms with van der Waals surface area (Å²) in [6.07, 6.45) is 7.37. The van der Waals surface area contributed by atoms with Crippen LogP contribution in [0, 0.1) is 5.92 Å². The number of ketones is 1. The molecule has 19 heavy (non-hydrogen) atoms. The first kappa shape index (κ1) is 14.6. The van der Waals surface area contributed by atoms with E-state index in [2.05, 4.69) is 6.07 Å². The Morgan fingerprint density at radius 1 is 1.26 bits per heavy atom. The van der Waals surface area contributed by atoms with Gasteiger partial charge < -0.3 is 5.73 Å². The van der Waals surface area contributed by atoms with Gasteiger partial charge in [0.05, 0.1) is 0 Å². The predicted molar refractivity (Wildman–Crippen MR) is 81.7 cm³/mol. The number of carbonyl (C=O) groups excluding carboxylic acids is 1. The summed E-state index contributed by atoms with van der Waals surface area (Å²) >= 11 is 1.89. The quantitative estimate of drug-likeness (QED) is 0.633. The summed E-state index contributed by atoms with van der Waals surface area (Å²) in [5, 5.41) is 0. The largest absolute Gasteiger partial charge is 0.330 e. The molecular weight excluding hydrogens is 254 g/mol. The second-order valence-corrected chi connectivity index (χ2v) is 6.40. The molecule has 0 unspecified atom stereocenters. The maximum absolute atomic E-state index is 11.8. The number of thioether (sulfide) groups is 1. The summed E-state index contributed by atoms with van der Waals surface area (Å²) in [6.45, 7) is 0.429. The summed E-state index contributed by atoms with van der Waals surface area (Å²) in [4.78, 5) is 13.0. The topological polar surface area (TPSA) is 43.1 Å². The Balaban J connectivity index is 1.89. The molecule has 2 nitrogen and oxygen atoms in total. The van der Waals surface area contributed by atoms with Crippen molar-refractivity contribution in [2.75, 3.05) is 12.3 Å². The molecule has 1 aliphatic rings. The number of nitrogens with two attached hydrogens (primary N) is 1. The first-order chi connectivity index (χ1) is 9.29. The summed E-state index contributed by atoms with van der Waals surface area (Å²) in [5.41, 5.74) is 6.24. The number of hydrogen-bond acceptors (Lipinski definition) is 3. The summed E-state index contributed by atoms with van der Waals surface area (Å²) < 4.78 is 0. The molecule has 0 bridgehead atoms. The molecule has 0 amide bonds. The number of rotatable bonds is 6. The van der Waals surface area contributed by atoms with Gasteiger partial charge in [-0.25, -0.2) is 0 Å². The van der Waals surface area contributed by atoms with Crippen molar-refractivity contribution in [2.45, 2.75) is 43.4 Å². The lowest BCUT2D eigenvalue weighted by atomic mass is 9.91. The molecule has 0 radical (unpaired) electrons. The van der Waals surface area contributed by atoms with Gasteiger partial charge in [-0.05, 0) is 37.4 Å². The van der Waals surface area contributed by atoms with Crippen LogP contribution in [0.1, 0.15) is 48.9 Å². The average molecular weight is 277 g/mol. The van der Waals surface area contributed by atoms with Gasteiger partial charge in [-0.3, -0.25) is 4.79 Å².